The molecule has 5 aromatic rings. The van der Waals surface area contributed by atoms with Gasteiger partial charge in [-0.3, -0.25) is 20.9 Å². The van der Waals surface area contributed by atoms with Crippen LogP contribution in [0.2, 0.25) is 0 Å². The minimum Gasteiger partial charge on any atom is -0.394 e. The number of ether oxygens (including phenoxy) is 14. The van der Waals surface area contributed by atoms with Crippen molar-refractivity contribution in [2.45, 2.75) is 343 Å². The van der Waals surface area contributed by atoms with Gasteiger partial charge in [0.05, 0.1) is 70.7 Å². The van der Waals surface area contributed by atoms with Gasteiger partial charge >= 0.3 is 0 Å². The van der Waals surface area contributed by atoms with E-state index in [1.54, 1.807) is 34.6 Å². The van der Waals surface area contributed by atoms with Crippen LogP contribution in [0, 0.1) is 104 Å². The summed E-state index contributed by atoms with van der Waals surface area (Å²) in [7, 11) is -25.0. The number of hydrogen-bond acceptors (Lipinski definition) is 45. The Kier molecular flexibility index (Phi) is 34.1. The molecule has 50 heteroatoms. The molecule has 137 heavy (non-hydrogen) atoms. The third kappa shape index (κ3) is 22.9. The number of aryl methyl sites for hydroxylation is 15. The summed E-state index contributed by atoms with van der Waals surface area (Å²) in [4.78, 5) is -1.90. The molecule has 5 aromatic carbocycles. The van der Waals surface area contributed by atoms with Crippen LogP contribution in [0.5, 0.6) is 0 Å². The quantitative estimate of drug-likeness (QED) is 0.0299. The Morgan fingerprint density at radius 3 is 0.438 bits per heavy atom. The summed E-state index contributed by atoms with van der Waals surface area (Å²) in [6.45, 7) is 13.6. The Morgan fingerprint density at radius 1 is 0.197 bits per heavy atom. The zero-order chi connectivity index (χ0) is 101. The van der Waals surface area contributed by atoms with E-state index in [0.29, 0.717) is 27.8 Å². The van der Waals surface area contributed by atoms with Gasteiger partial charge in [-0.05, 0) is 159 Å². The van der Waals surface area contributed by atoms with Crippen molar-refractivity contribution in [3.05, 3.63) is 144 Å². The minimum absolute atomic E-state index is 0.149. The first-order chi connectivity index (χ1) is 64.0. The topological polar surface area (TPSA) is 670 Å². The highest BCUT2D eigenvalue weighted by Gasteiger charge is 2.61. The van der Waals surface area contributed by atoms with Crippen LogP contribution in [0.15, 0.2) is 85.1 Å². The fourth-order valence-corrected chi connectivity index (χ4v) is 25.9. The van der Waals surface area contributed by atoms with Crippen molar-refractivity contribution in [3.63, 3.8) is 0 Å². The second-order valence-corrected chi connectivity index (χ2v) is 43.8. The van der Waals surface area contributed by atoms with E-state index in [1.165, 1.54) is 130 Å². The maximum absolute atomic E-state index is 14.6. The standard InChI is InChI=1S/C87H120O45S5/c1-33-16-38(6)76(39(7)17-33)133(104,105)114-28-50-71-59(94)66(101)85(123-50)130-73-52(30-116-135(108,109)78-42(10)20-35(3)21-43(78)11)121-83(64(99)57(73)92)126-69-48(26-88)120-82(63(98)56(69)91)129-72-51(29-115-134(106,107)77-40(8)18-34(2)19-41(77)9)124-86(67(102)60(72)95)132-75-54(32-118-137(112,113)80-46(14)24-37(5)25-47(80)15)125-87(68(103)61(75)96)131-74-53(31-117-136(110,111)79-44(12)22-36(4)23-45(79)13)122-84(65(100)58(74)93)127-70-49(27-89)119-81(128-71)62(97)55(70)90/h16-25,48-75,81-103H,26-32H2,1-15H3/t48-,49+,50-,51+,52-,53-,54+,55-,56+,57+,58-,59+,60-,61-,62-,63+,64-,65-,66+,67-,68-,69-,70-,71-,72-,73-,74-,75-,81-,82-,83-,84-,85-,86-,87-/m1/s1. The van der Waals surface area contributed by atoms with E-state index in [-0.39, 0.29) is 80.1 Å². The van der Waals surface area contributed by atoms with Crippen LogP contribution in [0.4, 0.5) is 0 Å². The monoisotopic (exact) mass is 2040 g/mol. The van der Waals surface area contributed by atoms with Crippen LogP contribution in [0.25, 0.3) is 0 Å². The van der Waals surface area contributed by atoms with Gasteiger partial charge in [-0.1, -0.05) is 88.5 Å². The zero-order valence-corrected chi connectivity index (χ0v) is 81.0. The predicted molar refractivity (Wildman–Crippen MR) is 462 cm³/mol. The van der Waals surface area contributed by atoms with Crippen LogP contribution in [-0.2, 0) is 138 Å². The Labute approximate surface area is 790 Å². The van der Waals surface area contributed by atoms with E-state index in [1.807, 2.05) is 0 Å². The molecule has 0 spiro atoms. The van der Waals surface area contributed by atoms with E-state index >= 15 is 0 Å². The highest BCUT2D eigenvalue weighted by atomic mass is 32.2. The average molecular weight is 2050 g/mol. The maximum Gasteiger partial charge on any atom is 0.297 e. The molecule has 21 aliphatic rings. The molecule has 21 heterocycles. The van der Waals surface area contributed by atoms with Gasteiger partial charge in [0.2, 0.25) is 0 Å². The van der Waals surface area contributed by atoms with Crippen molar-refractivity contribution >= 4 is 50.6 Å². The summed E-state index contributed by atoms with van der Waals surface area (Å²) in [5.74, 6) is 0. The molecule has 768 valence electrons. The van der Waals surface area contributed by atoms with Crippen LogP contribution in [0.3, 0.4) is 0 Å². The van der Waals surface area contributed by atoms with Gasteiger partial charge in [0.25, 0.3) is 50.6 Å². The van der Waals surface area contributed by atoms with Gasteiger partial charge in [0.1, 0.15) is 171 Å². The lowest BCUT2D eigenvalue weighted by molar-refractivity contribution is -0.396. The number of hydrogen-bond donors (Lipinski definition) is 16. The zero-order valence-electron chi connectivity index (χ0n) is 77.0. The van der Waals surface area contributed by atoms with Crippen molar-refractivity contribution in [1.29, 1.82) is 0 Å². The number of rotatable bonds is 22. The second kappa shape index (κ2) is 43.0. The van der Waals surface area contributed by atoms with E-state index in [0.717, 1.165) is 0 Å². The smallest absolute Gasteiger partial charge is 0.297 e. The lowest BCUT2D eigenvalue weighted by atomic mass is 9.95. The van der Waals surface area contributed by atoms with Crippen LogP contribution in [0.1, 0.15) is 83.5 Å². The van der Waals surface area contributed by atoms with E-state index in [9.17, 15) is 124 Å². The van der Waals surface area contributed by atoms with Crippen LogP contribution in [-0.4, -0.2) is 385 Å². The molecule has 0 aromatic heterocycles. The first-order valence-electron chi connectivity index (χ1n) is 43.8. The lowest BCUT2D eigenvalue weighted by Crippen LogP contribution is -2.68. The Balaban J connectivity index is 0.916. The average Bonchev–Trinajstić information content (AvgIpc) is 0.857. The van der Waals surface area contributed by atoms with Crippen molar-refractivity contribution < 1.29 is 211 Å². The first-order valence-corrected chi connectivity index (χ1v) is 50.8. The van der Waals surface area contributed by atoms with Crippen molar-refractivity contribution in [2.75, 3.05) is 46.2 Å². The molecule has 26 rings (SSSR count). The van der Waals surface area contributed by atoms with Gasteiger partial charge in [-0.2, -0.15) is 42.1 Å². The normalized spacial score (nSPS) is 36.9. The maximum atomic E-state index is 14.6. The highest BCUT2D eigenvalue weighted by molar-refractivity contribution is 7.88. The molecule has 21 saturated heterocycles. The molecule has 0 aliphatic carbocycles. The predicted octanol–water partition coefficient (Wildman–Crippen LogP) is -3.54. The number of aliphatic hydroxyl groups excluding tert-OH is 16. The molecule has 0 amide bonds. The molecular formula is C87H120O45S5. The summed E-state index contributed by atoms with van der Waals surface area (Å²) >= 11 is 0. The molecule has 0 radical (unpaired) electrons. The second-order valence-electron chi connectivity index (χ2n) is 36.1. The molecular weight excluding hydrogens is 1930 g/mol. The fraction of sp³-hybridized carbons (Fsp3) is 0.655. The van der Waals surface area contributed by atoms with E-state index in [2.05, 4.69) is 0 Å². The SMILES string of the molecule is Cc1cc(C)c(S(=O)(=O)OC[C@@H]2O[C@@H]3O[C@H]4[C@H](O)[C@@H](O)[C@@H](O[C@H]5[C@H](O)[C@@H](O)[C@@H](O[C@H]6[C@H](O)[C@@H](O)[C@@H](O[C@H]7[C@@H](O)[C@H](O)[C@@H](O[C@H]8[C@@H](O)[C@@H](O)[C@@H](O[C@H]9[C@@H](O)[C@H](O)[C@@H](O[C@H]2[C@H](O)[C@H]3O)O[C@@H]9CO)O[C@@H]8COS(=O)(=O)c2c(C)cc(C)cc2C)O[C@@H]7COS(=O)(=O)c2c(C)cc(C)cc2C)O[C@H]6CO)O[C@@H]5COS(=O)(=O)c2c(C)cc(C)cc2C)O[C@H]4COS(=O)(=O)c2c(C)cc(C)cc2C)c(C)c1. The summed E-state index contributed by atoms with van der Waals surface area (Å²) in [5, 5.41) is 196. The highest BCUT2D eigenvalue weighted by Crippen LogP contribution is 2.43. The van der Waals surface area contributed by atoms with Gasteiger partial charge in [0, 0.05) is 0 Å². The molecule has 21 fully saturated rings. The van der Waals surface area contributed by atoms with E-state index in [4.69, 9.17) is 87.2 Å². The van der Waals surface area contributed by atoms with Gasteiger partial charge in [-0.15, -0.1) is 0 Å². The third-order valence-electron chi connectivity index (χ3n) is 25.1. The summed E-state index contributed by atoms with van der Waals surface area (Å²) in [5.41, 5.74) is 4.66. The van der Waals surface area contributed by atoms with E-state index < -0.39 is 312 Å². The Morgan fingerprint density at radius 2 is 0.314 bits per heavy atom. The Hall–Kier alpha value is -5.55. The van der Waals surface area contributed by atoms with Gasteiger partial charge in [-0.25, -0.2) is 0 Å². The summed E-state index contributed by atoms with van der Waals surface area (Å²) in [6.07, 6.45) is -84.3. The minimum atomic E-state index is -5.02. The van der Waals surface area contributed by atoms with Gasteiger partial charge < -0.3 is 148 Å². The van der Waals surface area contributed by atoms with Gasteiger partial charge in [0.15, 0.2) is 44.0 Å². The van der Waals surface area contributed by atoms with Crippen molar-refractivity contribution in [2.24, 2.45) is 0 Å². The third-order valence-corrected chi connectivity index (χ3v) is 33.0. The van der Waals surface area contributed by atoms with Crippen LogP contribution < -0.4 is 0 Å². The molecule has 14 bridgehead atoms. The molecule has 21 aliphatic heterocycles. The van der Waals surface area contributed by atoms with Crippen molar-refractivity contribution in [1.82, 2.24) is 0 Å². The first kappa shape index (κ1) is 109. The summed E-state index contributed by atoms with van der Waals surface area (Å²) in [6, 6.07) is 15.0. The molecule has 35 atom stereocenters. The molecule has 16 N–H and O–H groups in total. The molecule has 45 nitrogen and oxygen atoms in total. The lowest BCUT2D eigenvalue weighted by Gasteiger charge is -2.50. The molecule has 0 saturated carbocycles. The fourth-order valence-electron chi connectivity index (χ4n) is 19.2. The van der Waals surface area contributed by atoms with Crippen LogP contribution >= 0.6 is 0 Å². The number of benzene rings is 5. The number of aliphatic hydroxyl groups is 16. The Bertz CT molecular complexity index is 5400. The largest absolute Gasteiger partial charge is 0.394 e. The molecule has 0 unspecified atom stereocenters. The van der Waals surface area contributed by atoms with Crippen molar-refractivity contribution in [3.8, 4) is 0 Å². The summed E-state index contributed by atoms with van der Waals surface area (Å²) < 4.78 is 260.